The van der Waals surface area contributed by atoms with E-state index in [2.05, 4.69) is 25.5 Å². The third-order valence-electron chi connectivity index (χ3n) is 6.06. The van der Waals surface area contributed by atoms with Crippen LogP contribution >= 0.6 is 0 Å². The average Bonchev–Trinajstić information content (AvgIpc) is 2.91. The van der Waals surface area contributed by atoms with Gasteiger partial charge in [-0.15, -0.1) is 0 Å². The highest BCUT2D eigenvalue weighted by Gasteiger charge is 2.27. The summed E-state index contributed by atoms with van der Waals surface area (Å²) in [6, 6.07) is 14.8. The van der Waals surface area contributed by atoms with Gasteiger partial charge >= 0.3 is 0 Å². The lowest BCUT2D eigenvalue weighted by atomic mass is 9.96. The lowest BCUT2D eigenvalue weighted by Crippen LogP contribution is -2.41. The highest BCUT2D eigenvalue weighted by atomic mass is 19.1. The van der Waals surface area contributed by atoms with Gasteiger partial charge in [-0.05, 0) is 36.1 Å². The van der Waals surface area contributed by atoms with Crippen molar-refractivity contribution in [2.75, 3.05) is 37.5 Å². The number of benzene rings is 2. The Labute approximate surface area is 198 Å². The highest BCUT2D eigenvalue weighted by molar-refractivity contribution is 5.79. The van der Waals surface area contributed by atoms with Crippen LogP contribution in [0.15, 0.2) is 48.5 Å². The smallest absolute Gasteiger partial charge is 0.230 e. The van der Waals surface area contributed by atoms with Crippen LogP contribution in [0, 0.1) is 5.92 Å². The number of aromatic nitrogens is 3. The second kappa shape index (κ2) is 10.9. The molecule has 0 aliphatic carbocycles. The van der Waals surface area contributed by atoms with Gasteiger partial charge in [-0.3, -0.25) is 4.79 Å². The molecule has 1 aliphatic heterocycles. The van der Waals surface area contributed by atoms with Crippen LogP contribution in [0.3, 0.4) is 0 Å². The summed E-state index contributed by atoms with van der Waals surface area (Å²) >= 11 is 0. The van der Waals surface area contributed by atoms with Gasteiger partial charge in [0, 0.05) is 32.6 Å². The van der Waals surface area contributed by atoms with Crippen LogP contribution < -0.4 is 20.3 Å². The fourth-order valence-corrected chi connectivity index (χ4v) is 4.10. The summed E-state index contributed by atoms with van der Waals surface area (Å²) in [7, 11) is 3.38. The molecule has 3 aromatic rings. The first-order valence-corrected chi connectivity index (χ1v) is 11.4. The van der Waals surface area contributed by atoms with Crippen molar-refractivity contribution >= 4 is 17.8 Å². The molecule has 0 saturated carbocycles. The summed E-state index contributed by atoms with van der Waals surface area (Å²) in [5.74, 6) is 2.14. The summed E-state index contributed by atoms with van der Waals surface area (Å²) in [6.07, 6.45) is 1.36. The summed E-state index contributed by atoms with van der Waals surface area (Å²) in [5, 5.41) is 5.97. The minimum atomic E-state index is -0.540. The average molecular weight is 465 g/mol. The zero-order valence-electron chi connectivity index (χ0n) is 19.4. The Bertz CT molecular complexity index is 1130. The van der Waals surface area contributed by atoms with Gasteiger partial charge in [0.2, 0.25) is 17.8 Å². The summed E-state index contributed by atoms with van der Waals surface area (Å²) < 4.78 is 18.6. The molecule has 1 fully saturated rings. The molecule has 0 atom stereocenters. The Hall–Kier alpha value is -3.75. The molecule has 2 aromatic carbocycles. The van der Waals surface area contributed by atoms with Crippen LogP contribution in [-0.2, 0) is 18.0 Å². The van der Waals surface area contributed by atoms with Crippen molar-refractivity contribution < 1.29 is 13.9 Å². The number of nitrogens with one attached hydrogen (secondary N) is 2. The van der Waals surface area contributed by atoms with E-state index in [1.165, 1.54) is 0 Å². The van der Waals surface area contributed by atoms with E-state index >= 15 is 0 Å². The first-order valence-electron chi connectivity index (χ1n) is 11.4. The summed E-state index contributed by atoms with van der Waals surface area (Å²) in [6.45, 7) is 1.09. The minimum absolute atomic E-state index is 0.00502. The molecule has 1 amide bonds. The zero-order valence-corrected chi connectivity index (χ0v) is 19.4. The molecular formula is C25H29FN6O2. The number of nitrogens with zero attached hydrogens (tertiary/aromatic N) is 4. The number of piperidine rings is 1. The molecule has 9 heteroatoms. The SMILES string of the molecule is CNc1nc(-c2ccccc2OC)nc(N2CCC(C(=O)NCc3ccccc3CF)CC2)n1. The maximum absolute atomic E-state index is 13.2. The monoisotopic (exact) mass is 464 g/mol. The molecule has 2 N–H and O–H groups in total. The second-order valence-corrected chi connectivity index (χ2v) is 8.11. The van der Waals surface area contributed by atoms with Crippen LogP contribution in [0.5, 0.6) is 5.75 Å². The number of carbonyl (C=O) groups excluding carboxylic acids is 1. The van der Waals surface area contributed by atoms with Crippen molar-refractivity contribution in [2.24, 2.45) is 5.92 Å². The van der Waals surface area contributed by atoms with Gasteiger partial charge in [-0.2, -0.15) is 15.0 Å². The van der Waals surface area contributed by atoms with E-state index in [-0.39, 0.29) is 11.8 Å². The van der Waals surface area contributed by atoms with Crippen molar-refractivity contribution in [3.05, 3.63) is 59.7 Å². The van der Waals surface area contributed by atoms with Crippen LogP contribution in [0.25, 0.3) is 11.4 Å². The van der Waals surface area contributed by atoms with Crippen LogP contribution in [0.1, 0.15) is 24.0 Å². The lowest BCUT2D eigenvalue weighted by Gasteiger charge is -2.31. The van der Waals surface area contributed by atoms with Crippen molar-refractivity contribution in [3.63, 3.8) is 0 Å². The number of rotatable bonds is 8. The number of para-hydroxylation sites is 1. The Morgan fingerprint density at radius 2 is 1.76 bits per heavy atom. The molecule has 0 radical (unpaired) electrons. The normalized spacial score (nSPS) is 14.0. The maximum Gasteiger partial charge on any atom is 0.230 e. The number of methoxy groups -OCH3 is 1. The fraction of sp³-hybridized carbons (Fsp3) is 0.360. The number of hydrogen-bond donors (Lipinski definition) is 2. The van der Waals surface area contributed by atoms with Crippen LogP contribution in [-0.4, -0.2) is 48.1 Å². The van der Waals surface area contributed by atoms with Crippen molar-refractivity contribution in [1.82, 2.24) is 20.3 Å². The van der Waals surface area contributed by atoms with E-state index in [4.69, 9.17) is 9.72 Å². The van der Waals surface area contributed by atoms with E-state index in [0.717, 1.165) is 11.1 Å². The molecule has 178 valence electrons. The van der Waals surface area contributed by atoms with Gasteiger partial charge in [0.15, 0.2) is 5.82 Å². The number of hydrogen-bond acceptors (Lipinski definition) is 7. The molecule has 1 saturated heterocycles. The number of carbonyl (C=O) groups is 1. The Balaban J connectivity index is 1.42. The van der Waals surface area contributed by atoms with E-state index < -0.39 is 6.67 Å². The molecule has 8 nitrogen and oxygen atoms in total. The third-order valence-corrected chi connectivity index (χ3v) is 6.06. The van der Waals surface area contributed by atoms with Gasteiger partial charge in [-0.1, -0.05) is 36.4 Å². The Kier molecular flexibility index (Phi) is 7.51. The van der Waals surface area contributed by atoms with E-state index in [1.54, 1.807) is 26.3 Å². The van der Waals surface area contributed by atoms with E-state index in [9.17, 15) is 9.18 Å². The van der Waals surface area contributed by atoms with Gasteiger partial charge in [0.05, 0.1) is 12.7 Å². The second-order valence-electron chi connectivity index (χ2n) is 8.11. The number of alkyl halides is 1. The molecule has 4 rings (SSSR count). The van der Waals surface area contributed by atoms with Gasteiger partial charge in [0.1, 0.15) is 12.4 Å². The van der Waals surface area contributed by atoms with E-state index in [1.807, 2.05) is 36.4 Å². The number of ether oxygens (including phenoxy) is 1. The minimum Gasteiger partial charge on any atom is -0.496 e. The van der Waals surface area contributed by atoms with Crippen LogP contribution in [0.4, 0.5) is 16.3 Å². The quantitative estimate of drug-likeness (QED) is 0.526. The maximum atomic E-state index is 13.2. The van der Waals surface area contributed by atoms with Gasteiger partial charge in [-0.25, -0.2) is 4.39 Å². The van der Waals surface area contributed by atoms with Crippen molar-refractivity contribution in [1.29, 1.82) is 0 Å². The molecule has 0 unspecified atom stereocenters. The van der Waals surface area contributed by atoms with Gasteiger partial charge < -0.3 is 20.3 Å². The number of amides is 1. The predicted octanol–water partition coefficient (Wildman–Crippen LogP) is 3.59. The molecule has 1 aliphatic rings. The third kappa shape index (κ3) is 5.24. The van der Waals surface area contributed by atoms with Crippen LogP contribution in [0.2, 0.25) is 0 Å². The standard InChI is InChI=1S/C25H29FN6O2/c1-27-24-29-22(20-9-5-6-10-21(20)34-2)30-25(31-24)32-13-11-17(12-14-32)23(33)28-16-19-8-4-3-7-18(19)15-26/h3-10,17H,11-16H2,1-2H3,(H,28,33)(H,27,29,30,31). The molecule has 34 heavy (non-hydrogen) atoms. The first-order chi connectivity index (χ1) is 16.6. The molecule has 1 aromatic heterocycles. The first kappa shape index (κ1) is 23.4. The zero-order chi connectivity index (χ0) is 23.9. The Morgan fingerprint density at radius 1 is 1.06 bits per heavy atom. The van der Waals surface area contributed by atoms with Gasteiger partial charge in [0.25, 0.3) is 0 Å². The topological polar surface area (TPSA) is 92.3 Å². The molecule has 2 heterocycles. The fourth-order valence-electron chi connectivity index (χ4n) is 4.10. The Morgan fingerprint density at radius 3 is 2.47 bits per heavy atom. The molecule has 0 spiro atoms. The number of anilines is 2. The predicted molar refractivity (Wildman–Crippen MR) is 129 cm³/mol. The van der Waals surface area contributed by atoms with E-state index in [0.29, 0.717) is 61.5 Å². The largest absolute Gasteiger partial charge is 0.496 e. The lowest BCUT2D eigenvalue weighted by molar-refractivity contribution is -0.125. The summed E-state index contributed by atoms with van der Waals surface area (Å²) in [4.78, 5) is 28.5. The highest BCUT2D eigenvalue weighted by Crippen LogP contribution is 2.29. The molecular weight excluding hydrogens is 435 g/mol. The van der Waals surface area contributed by atoms with Crippen molar-refractivity contribution in [2.45, 2.75) is 26.1 Å². The summed E-state index contributed by atoms with van der Waals surface area (Å²) in [5.41, 5.74) is 2.20. The van der Waals surface area contributed by atoms with Crippen molar-refractivity contribution in [3.8, 4) is 17.1 Å². The number of halogens is 1. The molecule has 0 bridgehead atoms.